The van der Waals surface area contributed by atoms with Gasteiger partial charge in [0.2, 0.25) is 0 Å². The number of imidazole rings is 1. The van der Waals surface area contributed by atoms with E-state index in [1.54, 1.807) is 24.3 Å². The zero-order chi connectivity index (χ0) is 28.9. The maximum Gasteiger partial charge on any atom is 0.418 e. The average molecular weight is 577 g/mol. The van der Waals surface area contributed by atoms with Crippen LogP contribution in [0, 0.1) is 12.1 Å². The fourth-order valence-electron chi connectivity index (χ4n) is 6.00. The molecule has 0 spiro atoms. The molecule has 0 unspecified atom stereocenters. The van der Waals surface area contributed by atoms with Crippen LogP contribution in [-0.4, -0.2) is 57.6 Å². The van der Waals surface area contributed by atoms with Crippen molar-refractivity contribution < 1.29 is 31.3 Å². The SMILES string of the molecule is C[C@H]1CCCN(Cc2cc(C(F)(F)F)c3cn(-c4cccc(C5(C[C]6N=NC=[N+]6C(F)F)COC5)c4)c(=O)n3c2)C1. The van der Waals surface area contributed by atoms with Crippen LogP contribution in [0.1, 0.15) is 42.9 Å². The van der Waals surface area contributed by atoms with Crippen LogP contribution < -0.4 is 5.69 Å². The van der Waals surface area contributed by atoms with Crippen molar-refractivity contribution in [3.63, 3.8) is 0 Å². The van der Waals surface area contributed by atoms with E-state index in [4.69, 9.17) is 4.74 Å². The summed E-state index contributed by atoms with van der Waals surface area (Å²) in [6.07, 6.45) is 1.27. The van der Waals surface area contributed by atoms with Gasteiger partial charge in [-0.1, -0.05) is 19.1 Å². The first-order chi connectivity index (χ1) is 19.5. The quantitative estimate of drug-likeness (QED) is 0.220. The van der Waals surface area contributed by atoms with Gasteiger partial charge < -0.3 is 4.74 Å². The zero-order valence-electron chi connectivity index (χ0n) is 22.3. The van der Waals surface area contributed by atoms with Gasteiger partial charge in [-0.25, -0.2) is 4.79 Å². The van der Waals surface area contributed by atoms with Crippen molar-refractivity contribution in [2.45, 2.75) is 50.9 Å². The van der Waals surface area contributed by atoms with Gasteiger partial charge >= 0.3 is 30.9 Å². The highest BCUT2D eigenvalue weighted by Crippen LogP contribution is 2.41. The van der Waals surface area contributed by atoms with Crippen LogP contribution in [0.25, 0.3) is 11.2 Å². The van der Waals surface area contributed by atoms with Gasteiger partial charge in [0.15, 0.2) is 0 Å². The molecule has 0 saturated carbocycles. The zero-order valence-corrected chi connectivity index (χ0v) is 22.3. The first-order valence-electron chi connectivity index (χ1n) is 13.5. The Hall–Kier alpha value is -3.45. The summed E-state index contributed by atoms with van der Waals surface area (Å²) < 4.78 is 77.8. The maximum absolute atomic E-state index is 14.2. The summed E-state index contributed by atoms with van der Waals surface area (Å²) in [5.41, 5.74) is -0.971. The van der Waals surface area contributed by atoms with Crippen molar-refractivity contribution in [1.82, 2.24) is 13.9 Å². The molecule has 0 N–H and O–H groups in total. The number of alkyl halides is 5. The molecule has 1 atom stereocenters. The van der Waals surface area contributed by atoms with Gasteiger partial charge in [-0.05, 0) is 59.7 Å². The third-order valence-electron chi connectivity index (χ3n) is 8.12. The number of pyridine rings is 1. The molecule has 1 radical (unpaired) electrons. The van der Waals surface area contributed by atoms with Crippen molar-refractivity contribution in [3.05, 3.63) is 76.1 Å². The van der Waals surface area contributed by atoms with Gasteiger partial charge in [0.25, 0.3) is 0 Å². The summed E-state index contributed by atoms with van der Waals surface area (Å²) in [6, 6.07) is 7.92. The maximum atomic E-state index is 14.2. The summed E-state index contributed by atoms with van der Waals surface area (Å²) in [6.45, 7) is 1.70. The summed E-state index contributed by atoms with van der Waals surface area (Å²) in [5, 5.41) is 7.45. The monoisotopic (exact) mass is 576 g/mol. The minimum atomic E-state index is -4.66. The number of hydrogen-bond donors (Lipinski definition) is 0. The average Bonchev–Trinajstić information content (AvgIpc) is 3.50. The van der Waals surface area contributed by atoms with Crippen molar-refractivity contribution in [2.24, 2.45) is 16.1 Å². The van der Waals surface area contributed by atoms with Gasteiger partial charge in [0.1, 0.15) is 0 Å². The molecule has 0 aliphatic carbocycles. The highest BCUT2D eigenvalue weighted by Gasteiger charge is 2.48. The van der Waals surface area contributed by atoms with Crippen molar-refractivity contribution >= 4 is 11.9 Å². The molecule has 2 fully saturated rings. The van der Waals surface area contributed by atoms with Crippen LogP contribution in [0.4, 0.5) is 22.0 Å². The van der Waals surface area contributed by atoms with E-state index in [1.165, 1.54) is 17.0 Å². The second-order valence-corrected chi connectivity index (χ2v) is 11.2. The Labute approximate surface area is 232 Å². The van der Waals surface area contributed by atoms with Gasteiger partial charge in [-0.2, -0.15) is 26.5 Å². The Kier molecular flexibility index (Phi) is 7.05. The second kappa shape index (κ2) is 10.4. The number of fused-ring (bicyclic) bond motifs is 1. The predicted octanol–water partition coefficient (Wildman–Crippen LogP) is 5.22. The third-order valence-corrected chi connectivity index (χ3v) is 8.12. The van der Waals surface area contributed by atoms with Crippen molar-refractivity contribution in [2.75, 3.05) is 26.3 Å². The molecule has 1 aromatic carbocycles. The molecule has 0 amide bonds. The van der Waals surface area contributed by atoms with Gasteiger partial charge in [0.05, 0.1) is 35.1 Å². The number of rotatable bonds is 7. The third kappa shape index (κ3) is 5.21. The lowest BCUT2D eigenvalue weighted by molar-refractivity contribution is -0.607. The van der Waals surface area contributed by atoms with E-state index in [-0.39, 0.29) is 31.3 Å². The van der Waals surface area contributed by atoms with Crippen LogP contribution in [0.15, 0.2) is 57.7 Å². The lowest BCUT2D eigenvalue weighted by atomic mass is 9.75. The molecule has 5 heterocycles. The largest absolute Gasteiger partial charge is 0.418 e. The van der Waals surface area contributed by atoms with Crippen LogP contribution in [-0.2, 0) is 22.9 Å². The number of hydrogen-bond acceptors (Lipinski definition) is 5. The molecule has 217 valence electrons. The van der Waals surface area contributed by atoms with E-state index in [9.17, 15) is 26.7 Å². The van der Waals surface area contributed by atoms with E-state index in [0.717, 1.165) is 42.7 Å². The van der Waals surface area contributed by atoms with Gasteiger partial charge in [-0.3, -0.25) is 13.9 Å². The number of azo groups is 1. The minimum Gasteiger partial charge on any atom is -0.379 e. The Morgan fingerprint density at radius 1 is 1.20 bits per heavy atom. The summed E-state index contributed by atoms with van der Waals surface area (Å²) in [5.74, 6) is 0.460. The minimum absolute atomic E-state index is 0.0888. The summed E-state index contributed by atoms with van der Waals surface area (Å²) in [7, 11) is 0. The van der Waals surface area contributed by atoms with Crippen LogP contribution >= 0.6 is 0 Å². The molecule has 3 aliphatic rings. The standard InChI is InChI=1S/C28H29F5N6O2/c1-18-4-3-7-36(11-18)12-19-8-22(28(31,32)33)23-14-37(26(40)38(23)13-19)21-6-2-5-20(9-21)27(15-41-16-27)10-24-35-34-17-39(24)25(29)30/h2,5-6,8-9,13-14,17-18,25H,3-4,7,10-12,15-16H2,1H3/q+1/t18-/m0/s1. The highest BCUT2D eigenvalue weighted by molar-refractivity contribution is 5.58. The second-order valence-electron chi connectivity index (χ2n) is 11.2. The predicted molar refractivity (Wildman–Crippen MR) is 139 cm³/mol. The Morgan fingerprint density at radius 2 is 2.00 bits per heavy atom. The number of likely N-dealkylation sites (tertiary alicyclic amines) is 1. The summed E-state index contributed by atoms with van der Waals surface area (Å²) in [4.78, 5) is 15.7. The van der Waals surface area contributed by atoms with Gasteiger partial charge in [-0.15, -0.1) is 0 Å². The molecule has 41 heavy (non-hydrogen) atoms. The number of piperidine rings is 1. The van der Waals surface area contributed by atoms with Crippen molar-refractivity contribution in [3.8, 4) is 5.69 Å². The van der Waals surface area contributed by atoms with E-state index in [0.29, 0.717) is 33.9 Å². The molecule has 2 aromatic heterocycles. The van der Waals surface area contributed by atoms with E-state index >= 15 is 0 Å². The molecule has 8 nitrogen and oxygen atoms in total. The van der Waals surface area contributed by atoms with Crippen LogP contribution in [0.3, 0.4) is 0 Å². The first kappa shape index (κ1) is 27.7. The van der Waals surface area contributed by atoms with Crippen molar-refractivity contribution in [1.29, 1.82) is 0 Å². The number of halogens is 5. The number of aromatic nitrogens is 2. The number of ether oxygens (including phenoxy) is 1. The van der Waals surface area contributed by atoms with E-state index < -0.39 is 29.4 Å². The van der Waals surface area contributed by atoms with Crippen LogP contribution in [0.2, 0.25) is 0 Å². The Bertz CT molecular complexity index is 1570. The number of benzene rings is 1. The molecule has 3 aromatic rings. The molecule has 0 bridgehead atoms. The smallest absolute Gasteiger partial charge is 0.379 e. The molecular weight excluding hydrogens is 547 g/mol. The fraction of sp³-hybridized carbons (Fsp3) is 0.464. The van der Waals surface area contributed by atoms with Crippen LogP contribution in [0.5, 0.6) is 0 Å². The topological polar surface area (TPSA) is 66.6 Å². The lowest BCUT2D eigenvalue weighted by Crippen LogP contribution is -2.48. The number of nitrogens with zero attached hydrogens (tertiary/aromatic N) is 6. The molecule has 6 rings (SSSR count). The molecular formula is C28H29F5N6O2+. The molecule has 2 saturated heterocycles. The lowest BCUT2D eigenvalue weighted by Gasteiger charge is -2.42. The fourth-order valence-corrected chi connectivity index (χ4v) is 6.00. The molecule has 13 heteroatoms. The van der Waals surface area contributed by atoms with E-state index in [2.05, 4.69) is 22.1 Å². The Balaban J connectivity index is 1.37. The normalized spacial score (nSPS) is 21.5. The van der Waals surface area contributed by atoms with E-state index in [1.807, 2.05) is 0 Å². The molecule has 3 aliphatic heterocycles. The first-order valence-corrected chi connectivity index (χ1v) is 13.5. The highest BCUT2D eigenvalue weighted by atomic mass is 19.4. The summed E-state index contributed by atoms with van der Waals surface area (Å²) >= 11 is 0. The van der Waals surface area contributed by atoms with Gasteiger partial charge in [0, 0.05) is 37.3 Å². The Morgan fingerprint density at radius 3 is 2.68 bits per heavy atom.